The van der Waals surface area contributed by atoms with Crippen molar-refractivity contribution in [1.82, 2.24) is 15.2 Å². The smallest absolute Gasteiger partial charge is 0.407 e. The summed E-state index contributed by atoms with van der Waals surface area (Å²) < 4.78 is 0. The van der Waals surface area contributed by atoms with E-state index in [0.717, 1.165) is 31.2 Å². The summed E-state index contributed by atoms with van der Waals surface area (Å²) in [6.07, 6.45) is 6.18. The second-order valence-corrected chi connectivity index (χ2v) is 8.82. The summed E-state index contributed by atoms with van der Waals surface area (Å²) in [5.74, 6) is -0.232. The highest BCUT2D eigenvalue weighted by Gasteiger charge is 2.29. The number of hydrogen-bond acceptors (Lipinski definition) is 5. The Kier molecular flexibility index (Phi) is 8.58. The van der Waals surface area contributed by atoms with Gasteiger partial charge in [0, 0.05) is 30.6 Å². The third-order valence-electron chi connectivity index (χ3n) is 5.66. The van der Waals surface area contributed by atoms with E-state index < -0.39 is 12.1 Å². The molecule has 166 valence electrons. The van der Waals surface area contributed by atoms with Crippen LogP contribution in [0, 0.1) is 5.92 Å². The molecule has 1 aliphatic carbocycles. The summed E-state index contributed by atoms with van der Waals surface area (Å²) >= 11 is 1.27. The van der Waals surface area contributed by atoms with Crippen molar-refractivity contribution in [2.45, 2.75) is 57.5 Å². The minimum atomic E-state index is -0.964. The number of benzene rings is 1. The van der Waals surface area contributed by atoms with Crippen molar-refractivity contribution in [3.63, 3.8) is 0 Å². The van der Waals surface area contributed by atoms with Gasteiger partial charge in [0.25, 0.3) is 0 Å². The first kappa shape index (κ1) is 22.9. The first-order valence-electron chi connectivity index (χ1n) is 10.8. The van der Waals surface area contributed by atoms with Gasteiger partial charge in [-0.1, -0.05) is 43.2 Å². The average molecular weight is 444 g/mol. The van der Waals surface area contributed by atoms with Gasteiger partial charge in [0.2, 0.25) is 11.7 Å². The average Bonchev–Trinajstić information content (AvgIpc) is 3.49. The molecule has 1 aromatic heterocycles. The Labute approximate surface area is 186 Å². The molecule has 8 heteroatoms. The van der Waals surface area contributed by atoms with E-state index in [0.29, 0.717) is 37.4 Å². The predicted molar refractivity (Wildman–Crippen MR) is 119 cm³/mol. The van der Waals surface area contributed by atoms with Crippen molar-refractivity contribution >= 4 is 29.1 Å². The molecular formula is C23H29N3O4S. The van der Waals surface area contributed by atoms with Crippen LogP contribution in [-0.2, 0) is 11.3 Å². The van der Waals surface area contributed by atoms with Crippen LogP contribution in [0.3, 0.4) is 0 Å². The minimum absolute atomic E-state index is 0.0139. The lowest BCUT2D eigenvalue weighted by molar-refractivity contribution is -0.125. The SMILES string of the molecule is O=C(N[C@@H](CCCCN(Cc1ccccc1)C(=O)O)C(=O)c1nccs1)C1CCCC1. The largest absolute Gasteiger partial charge is 0.465 e. The number of carbonyl (C=O) groups is 3. The number of thiazole rings is 1. The van der Waals surface area contributed by atoms with Gasteiger partial charge in [-0.2, -0.15) is 0 Å². The van der Waals surface area contributed by atoms with Gasteiger partial charge in [-0.05, 0) is 37.7 Å². The van der Waals surface area contributed by atoms with Crippen molar-refractivity contribution < 1.29 is 19.5 Å². The molecule has 0 bridgehead atoms. The Bertz CT molecular complexity index is 851. The third kappa shape index (κ3) is 6.89. The van der Waals surface area contributed by atoms with Crippen molar-refractivity contribution in [3.05, 3.63) is 52.5 Å². The number of carbonyl (C=O) groups excluding carboxylic acids is 2. The molecule has 0 saturated heterocycles. The van der Waals surface area contributed by atoms with Gasteiger partial charge in [-0.3, -0.25) is 9.59 Å². The van der Waals surface area contributed by atoms with E-state index in [4.69, 9.17) is 0 Å². The molecular weight excluding hydrogens is 414 g/mol. The molecule has 1 fully saturated rings. The van der Waals surface area contributed by atoms with Crippen LogP contribution in [0.5, 0.6) is 0 Å². The van der Waals surface area contributed by atoms with Crippen LogP contribution < -0.4 is 5.32 Å². The number of Topliss-reactive ketones (excluding diaryl/α,β-unsaturated/α-hetero) is 1. The number of rotatable bonds is 11. The van der Waals surface area contributed by atoms with Crippen LogP contribution >= 0.6 is 11.3 Å². The van der Waals surface area contributed by atoms with E-state index >= 15 is 0 Å². The molecule has 2 amide bonds. The molecule has 3 rings (SSSR count). The number of ketones is 1. The van der Waals surface area contributed by atoms with Crippen molar-refractivity contribution in [2.75, 3.05) is 6.54 Å². The number of hydrogen-bond donors (Lipinski definition) is 2. The van der Waals surface area contributed by atoms with E-state index in [1.165, 1.54) is 16.2 Å². The first-order valence-corrected chi connectivity index (χ1v) is 11.7. The second-order valence-electron chi connectivity index (χ2n) is 7.93. The van der Waals surface area contributed by atoms with Crippen LogP contribution in [0.25, 0.3) is 0 Å². The molecule has 1 atom stereocenters. The van der Waals surface area contributed by atoms with Crippen LogP contribution in [-0.4, -0.2) is 45.4 Å². The number of aromatic nitrogens is 1. The Balaban J connectivity index is 1.54. The Hall–Kier alpha value is -2.74. The van der Waals surface area contributed by atoms with Gasteiger partial charge in [0.15, 0.2) is 5.01 Å². The number of nitrogens with zero attached hydrogens (tertiary/aromatic N) is 2. The van der Waals surface area contributed by atoms with Gasteiger partial charge < -0.3 is 15.3 Å². The Morgan fingerprint density at radius 1 is 1.16 bits per heavy atom. The standard InChI is InChI=1S/C23H29N3O4S/c27-20(22-24-13-15-31-22)19(25-21(28)18-10-4-5-11-18)12-6-7-14-26(23(29)30)16-17-8-2-1-3-9-17/h1-3,8-9,13,15,18-19H,4-7,10-12,14,16H2,(H,25,28)(H,29,30)/t19-/m0/s1. The normalized spacial score (nSPS) is 14.8. The summed E-state index contributed by atoms with van der Waals surface area (Å²) in [4.78, 5) is 42.5. The molecule has 0 spiro atoms. The summed E-state index contributed by atoms with van der Waals surface area (Å²) in [6.45, 7) is 0.703. The second kappa shape index (κ2) is 11.6. The molecule has 2 aromatic rings. The first-order chi connectivity index (χ1) is 15.0. The van der Waals surface area contributed by atoms with E-state index in [1.54, 1.807) is 11.6 Å². The lowest BCUT2D eigenvalue weighted by Crippen LogP contribution is -2.43. The van der Waals surface area contributed by atoms with Gasteiger partial charge in [0.1, 0.15) is 0 Å². The van der Waals surface area contributed by atoms with Crippen molar-refractivity contribution in [1.29, 1.82) is 0 Å². The molecule has 0 aliphatic heterocycles. The van der Waals surface area contributed by atoms with E-state index in [1.807, 2.05) is 30.3 Å². The van der Waals surface area contributed by atoms with Crippen LogP contribution in [0.1, 0.15) is 60.3 Å². The molecule has 1 aromatic carbocycles. The van der Waals surface area contributed by atoms with Crippen LogP contribution in [0.2, 0.25) is 0 Å². The third-order valence-corrected chi connectivity index (χ3v) is 6.45. The maximum absolute atomic E-state index is 12.9. The lowest BCUT2D eigenvalue weighted by Gasteiger charge is -2.21. The molecule has 1 saturated carbocycles. The van der Waals surface area contributed by atoms with Gasteiger partial charge in [0.05, 0.1) is 6.04 Å². The lowest BCUT2D eigenvalue weighted by atomic mass is 10.0. The monoisotopic (exact) mass is 443 g/mol. The van der Waals surface area contributed by atoms with Crippen molar-refractivity contribution in [3.8, 4) is 0 Å². The number of nitrogens with one attached hydrogen (secondary N) is 1. The fourth-order valence-electron chi connectivity index (χ4n) is 3.94. The van der Waals surface area contributed by atoms with E-state index in [-0.39, 0.29) is 17.6 Å². The topological polar surface area (TPSA) is 99.6 Å². The van der Waals surface area contributed by atoms with Crippen molar-refractivity contribution in [2.24, 2.45) is 5.92 Å². The van der Waals surface area contributed by atoms with Gasteiger partial charge in [-0.15, -0.1) is 11.3 Å². The van der Waals surface area contributed by atoms with Gasteiger partial charge in [-0.25, -0.2) is 9.78 Å². The van der Waals surface area contributed by atoms with Crippen LogP contribution in [0.15, 0.2) is 41.9 Å². The highest BCUT2D eigenvalue weighted by atomic mass is 32.1. The Morgan fingerprint density at radius 2 is 1.90 bits per heavy atom. The molecule has 1 heterocycles. The fourth-order valence-corrected chi connectivity index (χ4v) is 4.57. The van der Waals surface area contributed by atoms with Gasteiger partial charge >= 0.3 is 6.09 Å². The molecule has 31 heavy (non-hydrogen) atoms. The zero-order valence-electron chi connectivity index (χ0n) is 17.5. The maximum atomic E-state index is 12.9. The fraction of sp³-hybridized carbons (Fsp3) is 0.478. The maximum Gasteiger partial charge on any atom is 0.407 e. The molecule has 0 unspecified atom stereocenters. The Morgan fingerprint density at radius 3 is 2.55 bits per heavy atom. The van der Waals surface area contributed by atoms with E-state index in [2.05, 4.69) is 10.3 Å². The summed E-state index contributed by atoms with van der Waals surface area (Å²) in [7, 11) is 0. The molecule has 1 aliphatic rings. The number of carboxylic acid groups (broad SMARTS) is 1. The molecule has 0 radical (unpaired) electrons. The highest BCUT2D eigenvalue weighted by Crippen LogP contribution is 2.25. The predicted octanol–water partition coefficient (Wildman–Crippen LogP) is 4.35. The summed E-state index contributed by atoms with van der Waals surface area (Å²) in [5.41, 5.74) is 0.936. The molecule has 2 N–H and O–H groups in total. The highest BCUT2D eigenvalue weighted by molar-refractivity contribution is 7.11. The molecule has 7 nitrogen and oxygen atoms in total. The summed E-state index contributed by atoms with van der Waals surface area (Å²) in [6, 6.07) is 8.85. The number of amides is 2. The number of unbranched alkanes of at least 4 members (excludes halogenated alkanes) is 1. The zero-order chi connectivity index (χ0) is 22.1. The minimum Gasteiger partial charge on any atom is -0.465 e. The quantitative estimate of drug-likeness (QED) is 0.397. The van der Waals surface area contributed by atoms with E-state index in [9.17, 15) is 19.5 Å². The van der Waals surface area contributed by atoms with Crippen LogP contribution in [0.4, 0.5) is 4.79 Å². The zero-order valence-corrected chi connectivity index (χ0v) is 18.4. The summed E-state index contributed by atoms with van der Waals surface area (Å²) in [5, 5.41) is 14.6.